The van der Waals surface area contributed by atoms with Crippen LogP contribution in [-0.2, 0) is 11.3 Å². The molecule has 10 heteroatoms. The summed E-state index contributed by atoms with van der Waals surface area (Å²) in [7, 11) is -4.16. The SMILES string of the molecule is N=c1nc(N)cc(N)n1CCOC[P+]([O-])(O)O. The Balaban J connectivity index is 2.56. The molecule has 0 aliphatic carbocycles. The van der Waals surface area contributed by atoms with E-state index in [1.54, 1.807) is 0 Å². The van der Waals surface area contributed by atoms with Crippen LogP contribution in [0.25, 0.3) is 0 Å². The summed E-state index contributed by atoms with van der Waals surface area (Å²) in [6.45, 7) is 0.176. The molecule has 1 aromatic rings. The molecule has 0 atom stereocenters. The van der Waals surface area contributed by atoms with Crippen molar-refractivity contribution in [3.05, 3.63) is 11.7 Å². The summed E-state index contributed by atoms with van der Waals surface area (Å²) in [6, 6.07) is 1.39. The van der Waals surface area contributed by atoms with Crippen LogP contribution in [-0.4, -0.2) is 32.3 Å². The Labute approximate surface area is 97.4 Å². The minimum atomic E-state index is -4.16. The van der Waals surface area contributed by atoms with Gasteiger partial charge in [0.25, 0.3) is 7.94 Å². The second-order valence-corrected chi connectivity index (χ2v) is 4.87. The highest BCUT2D eigenvalue weighted by Gasteiger charge is 2.17. The molecule has 0 fully saturated rings. The lowest BCUT2D eigenvalue weighted by molar-refractivity contribution is -0.213. The lowest BCUT2D eigenvalue weighted by atomic mass is 10.5. The molecule has 17 heavy (non-hydrogen) atoms. The highest BCUT2D eigenvalue weighted by molar-refractivity contribution is 7.56. The van der Waals surface area contributed by atoms with E-state index in [4.69, 9.17) is 31.4 Å². The largest absolute Gasteiger partial charge is 0.630 e. The molecule has 9 nitrogen and oxygen atoms in total. The van der Waals surface area contributed by atoms with E-state index in [1.807, 2.05) is 0 Å². The van der Waals surface area contributed by atoms with Crippen molar-refractivity contribution in [2.75, 3.05) is 24.4 Å². The second-order valence-electron chi connectivity index (χ2n) is 3.28. The Kier molecular flexibility index (Phi) is 4.38. The summed E-state index contributed by atoms with van der Waals surface area (Å²) in [5.41, 5.74) is 10.8. The van der Waals surface area contributed by atoms with Gasteiger partial charge in [-0.2, -0.15) is 4.98 Å². The van der Waals surface area contributed by atoms with Crippen molar-refractivity contribution in [3.63, 3.8) is 0 Å². The molecule has 96 valence electrons. The molecular formula is C7H14N5O4P. The van der Waals surface area contributed by atoms with Crippen LogP contribution in [0.5, 0.6) is 0 Å². The van der Waals surface area contributed by atoms with E-state index in [2.05, 4.69) is 4.98 Å². The molecule has 1 heterocycles. The second kappa shape index (κ2) is 5.39. The van der Waals surface area contributed by atoms with Crippen molar-refractivity contribution >= 4 is 19.6 Å². The summed E-state index contributed by atoms with van der Waals surface area (Å²) in [5, 5.41) is 7.49. The van der Waals surface area contributed by atoms with Gasteiger partial charge in [0.05, 0.1) is 13.2 Å². The summed E-state index contributed by atoms with van der Waals surface area (Å²) in [5.74, 6) is 0.377. The first-order valence-electron chi connectivity index (χ1n) is 4.59. The number of nitrogen functional groups attached to an aromatic ring is 2. The van der Waals surface area contributed by atoms with E-state index in [9.17, 15) is 4.89 Å². The fourth-order valence-electron chi connectivity index (χ4n) is 1.14. The van der Waals surface area contributed by atoms with Gasteiger partial charge in [-0.1, -0.05) is 0 Å². The first-order chi connectivity index (χ1) is 7.79. The summed E-state index contributed by atoms with van der Waals surface area (Å²) in [6.07, 6.45) is -0.663. The molecule has 0 spiro atoms. The van der Waals surface area contributed by atoms with E-state index >= 15 is 0 Å². The quantitative estimate of drug-likeness (QED) is 0.291. The molecule has 7 N–H and O–H groups in total. The van der Waals surface area contributed by atoms with Crippen molar-refractivity contribution in [1.82, 2.24) is 9.55 Å². The van der Waals surface area contributed by atoms with E-state index < -0.39 is 14.3 Å². The molecule has 0 radical (unpaired) electrons. The van der Waals surface area contributed by atoms with Gasteiger partial charge < -0.3 is 21.1 Å². The third-order valence-corrected chi connectivity index (χ3v) is 2.34. The van der Waals surface area contributed by atoms with Gasteiger partial charge in [0.15, 0.2) is 0 Å². The Morgan fingerprint density at radius 2 is 2.18 bits per heavy atom. The Hall–Kier alpha value is -1.25. The predicted molar refractivity (Wildman–Crippen MR) is 59.1 cm³/mol. The van der Waals surface area contributed by atoms with Crippen LogP contribution in [0.15, 0.2) is 6.07 Å². The maximum absolute atomic E-state index is 10.5. The molecule has 0 amide bonds. The summed E-state index contributed by atoms with van der Waals surface area (Å²) < 4.78 is 6.08. The topological polar surface area (TPSA) is 166 Å². The molecule has 1 rings (SSSR count). The van der Waals surface area contributed by atoms with Crippen LogP contribution in [0.1, 0.15) is 0 Å². The van der Waals surface area contributed by atoms with Crippen LogP contribution in [0.2, 0.25) is 0 Å². The van der Waals surface area contributed by atoms with Crippen molar-refractivity contribution in [2.45, 2.75) is 6.54 Å². The monoisotopic (exact) mass is 263 g/mol. The number of anilines is 2. The smallest absolute Gasteiger partial charge is 0.256 e. The lowest BCUT2D eigenvalue weighted by Crippen LogP contribution is -2.28. The van der Waals surface area contributed by atoms with Crippen molar-refractivity contribution < 1.29 is 19.4 Å². The van der Waals surface area contributed by atoms with E-state index in [0.717, 1.165) is 0 Å². The highest BCUT2D eigenvalue weighted by Crippen LogP contribution is 2.38. The first kappa shape index (κ1) is 13.8. The molecule has 0 saturated carbocycles. The van der Waals surface area contributed by atoms with E-state index in [0.29, 0.717) is 0 Å². The number of nitrogens with two attached hydrogens (primary N) is 2. The Bertz CT molecular complexity index is 443. The zero-order valence-electron chi connectivity index (χ0n) is 8.91. The van der Waals surface area contributed by atoms with Gasteiger partial charge in [0, 0.05) is 6.07 Å². The molecule has 0 bridgehead atoms. The van der Waals surface area contributed by atoms with Gasteiger partial charge in [-0.25, -0.2) is 9.79 Å². The predicted octanol–water partition coefficient (Wildman–Crippen LogP) is -2.39. The molecule has 0 unspecified atom stereocenters. The maximum Gasteiger partial charge on any atom is 0.256 e. The first-order valence-corrected chi connectivity index (χ1v) is 6.39. The normalized spacial score (nSPS) is 11.7. The molecule has 0 aromatic carbocycles. The average molecular weight is 263 g/mol. The fourth-order valence-corrected chi connectivity index (χ4v) is 1.51. The summed E-state index contributed by atoms with van der Waals surface area (Å²) >= 11 is 0. The van der Waals surface area contributed by atoms with Crippen molar-refractivity contribution in [1.29, 1.82) is 5.41 Å². The zero-order chi connectivity index (χ0) is 13.1. The maximum atomic E-state index is 10.5. The molecular weight excluding hydrogens is 249 g/mol. The van der Waals surface area contributed by atoms with Gasteiger partial charge in [0.1, 0.15) is 11.6 Å². The van der Waals surface area contributed by atoms with Crippen LogP contribution < -0.4 is 22.0 Å². The van der Waals surface area contributed by atoms with Crippen LogP contribution >= 0.6 is 7.94 Å². The van der Waals surface area contributed by atoms with Crippen LogP contribution in [0.3, 0.4) is 0 Å². The van der Waals surface area contributed by atoms with Gasteiger partial charge in [-0.05, 0) is 0 Å². The Morgan fingerprint density at radius 3 is 2.71 bits per heavy atom. The van der Waals surface area contributed by atoms with Crippen molar-refractivity contribution in [2.24, 2.45) is 0 Å². The third kappa shape index (κ3) is 4.63. The highest BCUT2D eigenvalue weighted by atomic mass is 31.2. The van der Waals surface area contributed by atoms with Crippen LogP contribution in [0.4, 0.5) is 11.6 Å². The number of nitrogens with zero attached hydrogens (tertiary/aromatic N) is 2. The van der Waals surface area contributed by atoms with Crippen molar-refractivity contribution in [3.8, 4) is 0 Å². The van der Waals surface area contributed by atoms with Gasteiger partial charge in [-0.3, -0.25) is 9.98 Å². The average Bonchev–Trinajstić information content (AvgIpc) is 2.13. The third-order valence-electron chi connectivity index (χ3n) is 1.82. The standard InChI is InChI=1S/C7H14N5O4P/c8-5-3-6(9)12(7(10)11-5)1-2-16-4-17(13,14)15/h3H,1-2,4,9H2,(H3,8,10,11)(H2,13,14,15). The molecule has 0 saturated heterocycles. The number of aromatic nitrogens is 2. The minimum Gasteiger partial charge on any atom is -0.630 e. The van der Waals surface area contributed by atoms with Gasteiger partial charge in [-0.15, -0.1) is 0 Å². The molecule has 0 aliphatic rings. The lowest BCUT2D eigenvalue weighted by Gasteiger charge is -2.15. The van der Waals surface area contributed by atoms with Gasteiger partial charge in [0.2, 0.25) is 12.0 Å². The van der Waals surface area contributed by atoms with E-state index in [-0.39, 0.29) is 30.4 Å². The number of rotatable bonds is 5. The van der Waals surface area contributed by atoms with E-state index in [1.165, 1.54) is 10.6 Å². The number of hydrogen-bond donors (Lipinski definition) is 5. The summed E-state index contributed by atoms with van der Waals surface area (Å²) in [4.78, 5) is 31.3. The molecule has 1 aromatic heterocycles. The number of ether oxygens (including phenoxy) is 1. The number of hydrogen-bond acceptors (Lipinski definition) is 8. The van der Waals surface area contributed by atoms with Gasteiger partial charge >= 0.3 is 0 Å². The van der Waals surface area contributed by atoms with Crippen LogP contribution in [0, 0.1) is 5.41 Å². The fraction of sp³-hybridized carbons (Fsp3) is 0.429. The zero-order valence-corrected chi connectivity index (χ0v) is 9.80. The molecule has 0 aliphatic heterocycles. The Morgan fingerprint density at radius 1 is 1.53 bits per heavy atom. The minimum absolute atomic E-state index is 0.0114. The number of nitrogens with one attached hydrogen (secondary N) is 1.